The van der Waals surface area contributed by atoms with E-state index in [-0.39, 0.29) is 5.91 Å². The Hall–Kier alpha value is -2.38. The molecule has 1 N–H and O–H groups in total. The number of rotatable bonds is 7. The molecule has 2 aliphatic rings. The minimum absolute atomic E-state index is 0.183. The number of nitrogens with one attached hydrogen (secondary N) is 1. The molecule has 8 nitrogen and oxygen atoms in total. The minimum atomic E-state index is 0.183. The second-order valence-electron chi connectivity index (χ2n) is 8.63. The van der Waals surface area contributed by atoms with Gasteiger partial charge in [-0.15, -0.1) is 0 Å². The van der Waals surface area contributed by atoms with Gasteiger partial charge in [-0.2, -0.15) is 0 Å². The monoisotopic (exact) mass is 415 g/mol. The van der Waals surface area contributed by atoms with E-state index in [1.54, 1.807) is 12.4 Å². The molecule has 1 atom stereocenters. The normalized spacial score (nSPS) is 20.2. The molecule has 3 rings (SSSR count). The zero-order valence-electron chi connectivity index (χ0n) is 18.8. The third-order valence-corrected chi connectivity index (χ3v) is 5.78. The number of aliphatic imine (C=N–C) groups is 1. The summed E-state index contributed by atoms with van der Waals surface area (Å²) >= 11 is 0. The minimum Gasteiger partial charge on any atom is -0.357 e. The zero-order chi connectivity index (χ0) is 21.3. The molecule has 0 radical (unpaired) electrons. The van der Waals surface area contributed by atoms with Gasteiger partial charge < -0.3 is 20.0 Å². The van der Waals surface area contributed by atoms with E-state index in [9.17, 15) is 4.79 Å². The van der Waals surface area contributed by atoms with E-state index in [2.05, 4.69) is 45.9 Å². The van der Waals surface area contributed by atoms with Crippen LogP contribution in [0.3, 0.4) is 0 Å². The molecule has 166 valence electrons. The largest absolute Gasteiger partial charge is 0.357 e. The van der Waals surface area contributed by atoms with Gasteiger partial charge in [0, 0.05) is 64.6 Å². The first kappa shape index (κ1) is 22.3. The Labute approximate surface area is 180 Å². The summed E-state index contributed by atoms with van der Waals surface area (Å²) in [5, 5.41) is 3.41. The van der Waals surface area contributed by atoms with Crippen LogP contribution in [0.2, 0.25) is 0 Å². The number of carbonyl (C=O) groups excluding carboxylic acids is 1. The average Bonchev–Trinajstić information content (AvgIpc) is 3.21. The van der Waals surface area contributed by atoms with Crippen molar-refractivity contribution in [2.75, 3.05) is 57.3 Å². The van der Waals surface area contributed by atoms with Gasteiger partial charge in [0.15, 0.2) is 5.96 Å². The van der Waals surface area contributed by atoms with Gasteiger partial charge >= 0.3 is 0 Å². The highest BCUT2D eigenvalue weighted by molar-refractivity contribution is 5.81. The number of amides is 1. The fourth-order valence-corrected chi connectivity index (χ4v) is 4.34. The van der Waals surface area contributed by atoms with Crippen molar-refractivity contribution in [1.29, 1.82) is 0 Å². The molecule has 0 saturated carbocycles. The predicted molar refractivity (Wildman–Crippen MR) is 121 cm³/mol. The number of aromatic nitrogens is 2. The standard InChI is InChI=1S/C22H37N7O/c1-4-23-21(29-11-7-19(17-29)16-18(2)3)26-10-6-20(30)27-12-14-28(15-13-27)22-24-8-5-9-25-22/h5,8-9,18-19H,4,6-7,10-17H2,1-3H3,(H,23,26). The van der Waals surface area contributed by atoms with E-state index in [1.807, 2.05) is 11.0 Å². The van der Waals surface area contributed by atoms with Crippen LogP contribution < -0.4 is 10.2 Å². The quantitative estimate of drug-likeness (QED) is 0.541. The van der Waals surface area contributed by atoms with Gasteiger partial charge in [0.25, 0.3) is 0 Å². The Morgan fingerprint density at radius 1 is 1.17 bits per heavy atom. The molecular formula is C22H37N7O. The summed E-state index contributed by atoms with van der Waals surface area (Å²) < 4.78 is 0. The Balaban J connectivity index is 1.44. The summed E-state index contributed by atoms with van der Waals surface area (Å²) in [6.45, 7) is 13.2. The van der Waals surface area contributed by atoms with Crippen LogP contribution >= 0.6 is 0 Å². The van der Waals surface area contributed by atoms with Crippen molar-refractivity contribution in [3.63, 3.8) is 0 Å². The number of piperazine rings is 1. The van der Waals surface area contributed by atoms with E-state index in [0.717, 1.165) is 56.5 Å². The van der Waals surface area contributed by atoms with Crippen molar-refractivity contribution >= 4 is 17.8 Å². The lowest BCUT2D eigenvalue weighted by Gasteiger charge is -2.34. The lowest BCUT2D eigenvalue weighted by Crippen LogP contribution is -2.49. The predicted octanol–water partition coefficient (Wildman–Crippen LogP) is 1.85. The smallest absolute Gasteiger partial charge is 0.225 e. The molecule has 1 amide bonds. The first-order chi connectivity index (χ1) is 14.6. The summed E-state index contributed by atoms with van der Waals surface area (Å²) in [5.41, 5.74) is 0. The fourth-order valence-electron chi connectivity index (χ4n) is 4.34. The van der Waals surface area contributed by atoms with E-state index in [4.69, 9.17) is 4.99 Å². The van der Waals surface area contributed by atoms with Crippen LogP contribution in [0.15, 0.2) is 23.5 Å². The van der Waals surface area contributed by atoms with Crippen molar-refractivity contribution in [3.8, 4) is 0 Å². The van der Waals surface area contributed by atoms with Crippen LogP contribution in [0, 0.1) is 11.8 Å². The Morgan fingerprint density at radius 3 is 2.57 bits per heavy atom. The van der Waals surface area contributed by atoms with Crippen LogP contribution in [0.25, 0.3) is 0 Å². The third-order valence-electron chi connectivity index (χ3n) is 5.78. The maximum absolute atomic E-state index is 12.6. The molecule has 2 saturated heterocycles. The number of nitrogens with zero attached hydrogens (tertiary/aromatic N) is 6. The lowest BCUT2D eigenvalue weighted by molar-refractivity contribution is -0.131. The number of likely N-dealkylation sites (tertiary alicyclic amines) is 1. The Bertz CT molecular complexity index is 686. The molecular weight excluding hydrogens is 378 g/mol. The summed E-state index contributed by atoms with van der Waals surface area (Å²) in [5.74, 6) is 3.37. The van der Waals surface area contributed by atoms with Gasteiger partial charge in [-0.3, -0.25) is 9.79 Å². The summed E-state index contributed by atoms with van der Waals surface area (Å²) in [7, 11) is 0. The Kier molecular flexibility index (Phi) is 8.28. The highest BCUT2D eigenvalue weighted by Gasteiger charge is 2.26. The van der Waals surface area contributed by atoms with Crippen LogP contribution in [0.5, 0.6) is 0 Å². The third kappa shape index (κ3) is 6.31. The molecule has 1 aromatic rings. The summed E-state index contributed by atoms with van der Waals surface area (Å²) in [6, 6.07) is 1.82. The summed E-state index contributed by atoms with van der Waals surface area (Å²) in [4.78, 5) is 32.4. The highest BCUT2D eigenvalue weighted by Crippen LogP contribution is 2.23. The number of carbonyl (C=O) groups is 1. The molecule has 0 bridgehead atoms. The lowest BCUT2D eigenvalue weighted by atomic mass is 9.97. The van der Waals surface area contributed by atoms with Crippen LogP contribution in [-0.4, -0.2) is 84.0 Å². The van der Waals surface area contributed by atoms with Crippen molar-refractivity contribution in [1.82, 2.24) is 25.1 Å². The van der Waals surface area contributed by atoms with Crippen molar-refractivity contribution in [2.24, 2.45) is 16.8 Å². The highest BCUT2D eigenvalue weighted by atomic mass is 16.2. The number of hydrogen-bond donors (Lipinski definition) is 1. The van der Waals surface area contributed by atoms with Crippen molar-refractivity contribution < 1.29 is 4.79 Å². The summed E-state index contributed by atoms with van der Waals surface area (Å²) in [6.07, 6.45) is 6.47. The van der Waals surface area contributed by atoms with Gasteiger partial charge in [-0.05, 0) is 37.7 Å². The molecule has 0 spiro atoms. The molecule has 2 fully saturated rings. The van der Waals surface area contributed by atoms with Crippen molar-refractivity contribution in [2.45, 2.75) is 40.0 Å². The molecule has 30 heavy (non-hydrogen) atoms. The maximum atomic E-state index is 12.6. The molecule has 0 aromatic carbocycles. The SMILES string of the molecule is CCNC(=NCCC(=O)N1CCN(c2ncccn2)CC1)N1CCC(CC(C)C)C1. The fraction of sp³-hybridized carbons (Fsp3) is 0.727. The Morgan fingerprint density at radius 2 is 1.90 bits per heavy atom. The van der Waals surface area contributed by atoms with Gasteiger partial charge in [-0.1, -0.05) is 13.8 Å². The first-order valence-electron chi connectivity index (χ1n) is 11.4. The average molecular weight is 416 g/mol. The number of hydrogen-bond acceptors (Lipinski definition) is 5. The van der Waals surface area contributed by atoms with Gasteiger partial charge in [0.2, 0.25) is 11.9 Å². The van der Waals surface area contributed by atoms with E-state index < -0.39 is 0 Å². The second kappa shape index (κ2) is 11.1. The number of guanidine groups is 1. The van der Waals surface area contributed by atoms with Crippen LogP contribution in [-0.2, 0) is 4.79 Å². The van der Waals surface area contributed by atoms with E-state index >= 15 is 0 Å². The van der Waals surface area contributed by atoms with E-state index in [1.165, 1.54) is 12.8 Å². The topological polar surface area (TPSA) is 77.0 Å². The first-order valence-corrected chi connectivity index (χ1v) is 11.4. The zero-order valence-corrected chi connectivity index (χ0v) is 18.8. The second-order valence-corrected chi connectivity index (χ2v) is 8.63. The number of anilines is 1. The van der Waals surface area contributed by atoms with E-state index in [0.29, 0.717) is 26.1 Å². The molecule has 1 aromatic heterocycles. The van der Waals surface area contributed by atoms with Crippen molar-refractivity contribution in [3.05, 3.63) is 18.5 Å². The maximum Gasteiger partial charge on any atom is 0.225 e. The molecule has 3 heterocycles. The molecule has 8 heteroatoms. The van der Waals surface area contributed by atoms with Gasteiger partial charge in [0.05, 0.1) is 6.54 Å². The van der Waals surface area contributed by atoms with Gasteiger partial charge in [0.1, 0.15) is 0 Å². The molecule has 2 aliphatic heterocycles. The molecule has 0 aliphatic carbocycles. The molecule has 1 unspecified atom stereocenters. The van der Waals surface area contributed by atoms with Gasteiger partial charge in [-0.25, -0.2) is 9.97 Å². The van der Waals surface area contributed by atoms with Crippen LogP contribution in [0.4, 0.5) is 5.95 Å². The van der Waals surface area contributed by atoms with Crippen LogP contribution in [0.1, 0.15) is 40.0 Å².